The lowest BCUT2D eigenvalue weighted by Crippen LogP contribution is -2.28. The molecule has 0 aliphatic rings. The first-order valence-corrected chi connectivity index (χ1v) is 5.80. The maximum Gasteiger partial charge on any atom is 0.310 e. The Morgan fingerprint density at radius 2 is 2.12 bits per heavy atom. The molecule has 0 aliphatic heterocycles. The number of benzene rings is 1. The van der Waals surface area contributed by atoms with Gasteiger partial charge in [0.05, 0.1) is 4.92 Å². The van der Waals surface area contributed by atoms with Gasteiger partial charge in [0.1, 0.15) is 10.7 Å². The summed E-state index contributed by atoms with van der Waals surface area (Å²) >= 11 is 5.79. The van der Waals surface area contributed by atoms with E-state index in [4.69, 9.17) is 11.6 Å². The van der Waals surface area contributed by atoms with Crippen molar-refractivity contribution >= 4 is 23.0 Å². The standard InChI is InChI=1S/C11H16ClN3O2/c1-8(2)13-6-7-14-10-5-3-4-9(12)11(10)15(16)17/h3-5,8,13-14H,6-7H2,1-2H3. The van der Waals surface area contributed by atoms with Crippen molar-refractivity contribution in [3.8, 4) is 0 Å². The van der Waals surface area contributed by atoms with Crippen molar-refractivity contribution < 1.29 is 4.92 Å². The topological polar surface area (TPSA) is 67.2 Å². The van der Waals surface area contributed by atoms with Gasteiger partial charge >= 0.3 is 5.69 Å². The second-order valence-corrected chi connectivity index (χ2v) is 4.34. The first-order chi connectivity index (χ1) is 8.02. The third kappa shape index (κ3) is 4.20. The van der Waals surface area contributed by atoms with Gasteiger partial charge in [-0.05, 0) is 12.1 Å². The van der Waals surface area contributed by atoms with Crippen LogP contribution in [-0.2, 0) is 0 Å². The molecule has 6 heteroatoms. The van der Waals surface area contributed by atoms with Gasteiger partial charge in [0.15, 0.2) is 0 Å². The van der Waals surface area contributed by atoms with Crippen LogP contribution >= 0.6 is 11.6 Å². The fourth-order valence-corrected chi connectivity index (χ4v) is 1.65. The summed E-state index contributed by atoms with van der Waals surface area (Å²) in [5, 5.41) is 17.2. The van der Waals surface area contributed by atoms with Gasteiger partial charge < -0.3 is 10.6 Å². The lowest BCUT2D eigenvalue weighted by molar-refractivity contribution is -0.383. The van der Waals surface area contributed by atoms with Crippen LogP contribution in [-0.4, -0.2) is 24.1 Å². The molecule has 1 rings (SSSR count). The molecule has 0 aliphatic carbocycles. The van der Waals surface area contributed by atoms with E-state index in [-0.39, 0.29) is 10.7 Å². The summed E-state index contributed by atoms with van der Waals surface area (Å²) in [5.74, 6) is 0. The van der Waals surface area contributed by atoms with Crippen LogP contribution in [0.2, 0.25) is 5.02 Å². The molecule has 0 saturated heterocycles. The summed E-state index contributed by atoms with van der Waals surface area (Å²) in [7, 11) is 0. The van der Waals surface area contributed by atoms with Gasteiger partial charge in [-0.25, -0.2) is 0 Å². The summed E-state index contributed by atoms with van der Waals surface area (Å²) in [5.41, 5.74) is 0.381. The molecule has 2 N–H and O–H groups in total. The zero-order valence-electron chi connectivity index (χ0n) is 9.87. The third-order valence-electron chi connectivity index (χ3n) is 2.16. The van der Waals surface area contributed by atoms with Crippen LogP contribution in [0, 0.1) is 10.1 Å². The Bertz CT molecular complexity index is 396. The molecule has 0 atom stereocenters. The van der Waals surface area contributed by atoms with Gasteiger partial charge in [0.25, 0.3) is 0 Å². The molecule has 0 heterocycles. The van der Waals surface area contributed by atoms with Crippen molar-refractivity contribution in [2.45, 2.75) is 19.9 Å². The fraction of sp³-hybridized carbons (Fsp3) is 0.455. The number of hydrogen-bond donors (Lipinski definition) is 2. The largest absolute Gasteiger partial charge is 0.378 e. The predicted octanol–water partition coefficient (Wildman–Crippen LogP) is 2.66. The average molecular weight is 258 g/mol. The number of nitrogens with one attached hydrogen (secondary N) is 2. The Labute approximate surface area is 105 Å². The minimum atomic E-state index is -0.472. The maximum atomic E-state index is 10.8. The van der Waals surface area contributed by atoms with Crippen LogP contribution in [0.5, 0.6) is 0 Å². The monoisotopic (exact) mass is 257 g/mol. The fourth-order valence-electron chi connectivity index (χ4n) is 1.40. The van der Waals surface area contributed by atoms with Crippen LogP contribution < -0.4 is 10.6 Å². The zero-order chi connectivity index (χ0) is 12.8. The summed E-state index contributed by atoms with van der Waals surface area (Å²) in [6.45, 7) is 5.43. The van der Waals surface area contributed by atoms with E-state index in [0.29, 0.717) is 18.3 Å². The van der Waals surface area contributed by atoms with Crippen molar-refractivity contribution in [1.82, 2.24) is 5.32 Å². The van der Waals surface area contributed by atoms with Gasteiger partial charge in [-0.15, -0.1) is 0 Å². The number of halogens is 1. The summed E-state index contributed by atoms with van der Waals surface area (Å²) < 4.78 is 0. The zero-order valence-corrected chi connectivity index (χ0v) is 10.6. The number of rotatable bonds is 6. The summed E-state index contributed by atoms with van der Waals surface area (Å²) in [6.07, 6.45) is 0. The Kier molecular flexibility index (Phi) is 5.18. The van der Waals surface area contributed by atoms with E-state index in [0.717, 1.165) is 6.54 Å². The van der Waals surface area contributed by atoms with E-state index in [9.17, 15) is 10.1 Å². The predicted molar refractivity (Wildman–Crippen MR) is 69.7 cm³/mol. The normalized spacial score (nSPS) is 10.6. The molecular formula is C11H16ClN3O2. The highest BCUT2D eigenvalue weighted by atomic mass is 35.5. The average Bonchev–Trinajstić information content (AvgIpc) is 2.23. The number of nitrogens with zero attached hydrogens (tertiary/aromatic N) is 1. The Balaban J connectivity index is 2.64. The molecule has 5 nitrogen and oxygen atoms in total. The van der Waals surface area contributed by atoms with E-state index in [1.807, 2.05) is 13.8 Å². The highest BCUT2D eigenvalue weighted by Gasteiger charge is 2.17. The number of nitro benzene ring substituents is 1. The molecule has 0 fully saturated rings. The molecule has 0 saturated carbocycles. The number of para-hydroxylation sites is 1. The second kappa shape index (κ2) is 6.42. The number of nitro groups is 1. The van der Waals surface area contributed by atoms with Crippen LogP contribution in [0.4, 0.5) is 11.4 Å². The molecule has 1 aromatic rings. The van der Waals surface area contributed by atoms with E-state index in [1.54, 1.807) is 12.1 Å². The number of hydrogen-bond acceptors (Lipinski definition) is 4. The molecule has 0 spiro atoms. The Morgan fingerprint density at radius 1 is 1.41 bits per heavy atom. The highest BCUT2D eigenvalue weighted by Crippen LogP contribution is 2.31. The second-order valence-electron chi connectivity index (χ2n) is 3.93. The Morgan fingerprint density at radius 3 is 2.71 bits per heavy atom. The smallest absolute Gasteiger partial charge is 0.310 e. The van der Waals surface area contributed by atoms with Gasteiger partial charge in [-0.3, -0.25) is 10.1 Å². The van der Waals surface area contributed by atoms with Crippen molar-refractivity contribution in [2.75, 3.05) is 18.4 Å². The molecular weight excluding hydrogens is 242 g/mol. The van der Waals surface area contributed by atoms with Gasteiger partial charge in [-0.1, -0.05) is 31.5 Å². The van der Waals surface area contributed by atoms with E-state index < -0.39 is 4.92 Å². The summed E-state index contributed by atoms with van der Waals surface area (Å²) in [4.78, 5) is 10.4. The van der Waals surface area contributed by atoms with Gasteiger partial charge in [0, 0.05) is 19.1 Å². The third-order valence-corrected chi connectivity index (χ3v) is 2.47. The van der Waals surface area contributed by atoms with Crippen molar-refractivity contribution in [3.63, 3.8) is 0 Å². The molecule has 0 radical (unpaired) electrons. The van der Waals surface area contributed by atoms with Crippen LogP contribution in [0.15, 0.2) is 18.2 Å². The minimum absolute atomic E-state index is 0.0706. The van der Waals surface area contributed by atoms with Crippen LogP contribution in [0.3, 0.4) is 0 Å². The molecule has 0 amide bonds. The van der Waals surface area contributed by atoms with E-state index >= 15 is 0 Å². The number of anilines is 1. The Hall–Kier alpha value is -1.33. The molecule has 0 bridgehead atoms. The lowest BCUT2D eigenvalue weighted by atomic mass is 10.2. The van der Waals surface area contributed by atoms with E-state index in [2.05, 4.69) is 10.6 Å². The van der Waals surface area contributed by atoms with Gasteiger partial charge in [-0.2, -0.15) is 0 Å². The molecule has 0 unspecified atom stereocenters. The quantitative estimate of drug-likeness (QED) is 0.467. The van der Waals surface area contributed by atoms with Crippen LogP contribution in [0.25, 0.3) is 0 Å². The molecule has 17 heavy (non-hydrogen) atoms. The summed E-state index contributed by atoms with van der Waals surface area (Å²) in [6, 6.07) is 5.25. The van der Waals surface area contributed by atoms with Gasteiger partial charge in [0.2, 0.25) is 0 Å². The maximum absolute atomic E-state index is 10.8. The van der Waals surface area contributed by atoms with Crippen molar-refractivity contribution in [1.29, 1.82) is 0 Å². The van der Waals surface area contributed by atoms with Crippen molar-refractivity contribution in [3.05, 3.63) is 33.3 Å². The van der Waals surface area contributed by atoms with E-state index in [1.165, 1.54) is 6.07 Å². The minimum Gasteiger partial charge on any atom is -0.378 e. The molecule has 0 aromatic heterocycles. The molecule has 94 valence electrons. The lowest BCUT2D eigenvalue weighted by Gasteiger charge is -2.10. The SMILES string of the molecule is CC(C)NCCNc1cccc(Cl)c1[N+](=O)[O-]. The molecule has 1 aromatic carbocycles. The first-order valence-electron chi connectivity index (χ1n) is 5.42. The van der Waals surface area contributed by atoms with Crippen molar-refractivity contribution in [2.24, 2.45) is 0 Å². The van der Waals surface area contributed by atoms with Crippen LogP contribution in [0.1, 0.15) is 13.8 Å². The highest BCUT2D eigenvalue weighted by molar-refractivity contribution is 6.33. The first kappa shape index (κ1) is 13.7.